The minimum absolute atomic E-state index is 0.0732. The standard InChI is InChI=1S/C15H15ClN2O3/c1-10-4-3-7-18(15(10)20)9-14(19)17-12-8-11(16)5-6-13(12)21-2/h3-8H,9H2,1-2H3,(H,17,19). The monoisotopic (exact) mass is 306 g/mol. The minimum atomic E-state index is -0.330. The highest BCUT2D eigenvalue weighted by molar-refractivity contribution is 6.31. The third-order valence-electron chi connectivity index (χ3n) is 2.96. The number of halogens is 1. The Labute approximate surface area is 127 Å². The van der Waals surface area contributed by atoms with Crippen LogP contribution in [-0.4, -0.2) is 17.6 Å². The lowest BCUT2D eigenvalue weighted by molar-refractivity contribution is -0.116. The van der Waals surface area contributed by atoms with Crippen molar-refractivity contribution in [3.8, 4) is 5.75 Å². The number of hydrogen-bond acceptors (Lipinski definition) is 3. The van der Waals surface area contributed by atoms with Crippen molar-refractivity contribution in [2.24, 2.45) is 0 Å². The zero-order valence-electron chi connectivity index (χ0n) is 11.7. The fourth-order valence-electron chi connectivity index (χ4n) is 1.90. The molecule has 6 heteroatoms. The van der Waals surface area contributed by atoms with E-state index in [1.807, 2.05) is 0 Å². The predicted molar refractivity (Wildman–Crippen MR) is 82.1 cm³/mol. The maximum atomic E-state index is 12.1. The number of amides is 1. The van der Waals surface area contributed by atoms with Crippen LogP contribution >= 0.6 is 11.6 Å². The van der Waals surface area contributed by atoms with E-state index in [0.29, 0.717) is 22.0 Å². The molecule has 0 spiro atoms. The van der Waals surface area contributed by atoms with E-state index in [1.165, 1.54) is 11.7 Å². The summed E-state index contributed by atoms with van der Waals surface area (Å²) in [5.41, 5.74) is 0.868. The maximum Gasteiger partial charge on any atom is 0.253 e. The van der Waals surface area contributed by atoms with E-state index in [1.54, 1.807) is 43.5 Å². The lowest BCUT2D eigenvalue weighted by atomic mass is 10.3. The van der Waals surface area contributed by atoms with Crippen LogP contribution in [0.15, 0.2) is 41.3 Å². The second-order valence-corrected chi connectivity index (χ2v) is 4.95. The molecule has 1 amide bonds. The van der Waals surface area contributed by atoms with Gasteiger partial charge < -0.3 is 14.6 Å². The molecule has 2 aromatic rings. The third-order valence-corrected chi connectivity index (χ3v) is 3.20. The molecule has 0 aliphatic carbocycles. The van der Waals surface area contributed by atoms with Crippen LogP contribution in [0.4, 0.5) is 5.69 Å². The zero-order valence-corrected chi connectivity index (χ0v) is 12.5. The SMILES string of the molecule is COc1ccc(Cl)cc1NC(=O)Cn1cccc(C)c1=O. The number of nitrogens with zero attached hydrogens (tertiary/aromatic N) is 1. The van der Waals surface area contributed by atoms with Gasteiger partial charge in [-0.25, -0.2) is 0 Å². The summed E-state index contributed by atoms with van der Waals surface area (Å²) < 4.78 is 6.50. The van der Waals surface area contributed by atoms with Gasteiger partial charge >= 0.3 is 0 Å². The molecule has 0 bridgehead atoms. The van der Waals surface area contributed by atoms with E-state index < -0.39 is 0 Å². The summed E-state index contributed by atoms with van der Waals surface area (Å²) >= 11 is 5.90. The molecule has 1 N–H and O–H groups in total. The Kier molecular flexibility index (Phi) is 4.65. The molecule has 0 aliphatic rings. The van der Waals surface area contributed by atoms with Crippen molar-refractivity contribution in [1.29, 1.82) is 0 Å². The Morgan fingerprint density at radius 2 is 2.14 bits per heavy atom. The number of hydrogen-bond donors (Lipinski definition) is 1. The van der Waals surface area contributed by atoms with Gasteiger partial charge in [-0.3, -0.25) is 9.59 Å². The lowest BCUT2D eigenvalue weighted by Crippen LogP contribution is -2.28. The molecule has 0 saturated heterocycles. The maximum absolute atomic E-state index is 12.1. The summed E-state index contributed by atoms with van der Waals surface area (Å²) in [4.78, 5) is 23.9. The highest BCUT2D eigenvalue weighted by Gasteiger charge is 2.10. The summed E-state index contributed by atoms with van der Waals surface area (Å²) in [6.45, 7) is 1.63. The highest BCUT2D eigenvalue weighted by Crippen LogP contribution is 2.27. The molecule has 1 aromatic carbocycles. The van der Waals surface area contributed by atoms with Gasteiger partial charge in [0, 0.05) is 16.8 Å². The van der Waals surface area contributed by atoms with Gasteiger partial charge in [-0.1, -0.05) is 17.7 Å². The fourth-order valence-corrected chi connectivity index (χ4v) is 2.08. The van der Waals surface area contributed by atoms with Crippen molar-refractivity contribution < 1.29 is 9.53 Å². The van der Waals surface area contributed by atoms with Crippen LogP contribution in [0.2, 0.25) is 5.02 Å². The minimum Gasteiger partial charge on any atom is -0.495 e. The van der Waals surface area contributed by atoms with E-state index in [0.717, 1.165) is 0 Å². The van der Waals surface area contributed by atoms with Crippen LogP contribution < -0.4 is 15.6 Å². The summed E-state index contributed by atoms with van der Waals surface area (Å²) in [6.07, 6.45) is 1.57. The number of nitrogens with one attached hydrogen (secondary N) is 1. The molecule has 0 atom stereocenters. The molecular formula is C15H15ClN2O3. The fraction of sp³-hybridized carbons (Fsp3) is 0.200. The molecule has 0 aliphatic heterocycles. The number of carbonyl (C=O) groups excluding carboxylic acids is 1. The Balaban J connectivity index is 2.17. The van der Waals surface area contributed by atoms with Crippen molar-refractivity contribution >= 4 is 23.2 Å². The van der Waals surface area contributed by atoms with Crippen molar-refractivity contribution in [3.63, 3.8) is 0 Å². The smallest absolute Gasteiger partial charge is 0.253 e. The summed E-state index contributed by atoms with van der Waals surface area (Å²) in [6, 6.07) is 8.36. The molecule has 5 nitrogen and oxygen atoms in total. The van der Waals surface area contributed by atoms with Crippen LogP contribution in [-0.2, 0) is 11.3 Å². The topological polar surface area (TPSA) is 60.3 Å². The summed E-state index contributed by atoms with van der Waals surface area (Å²) in [7, 11) is 1.50. The van der Waals surface area contributed by atoms with E-state index >= 15 is 0 Å². The first kappa shape index (κ1) is 15.1. The zero-order chi connectivity index (χ0) is 15.4. The molecule has 110 valence electrons. The molecule has 0 unspecified atom stereocenters. The van der Waals surface area contributed by atoms with Gasteiger partial charge in [0.2, 0.25) is 5.91 Å². The van der Waals surface area contributed by atoms with Crippen molar-refractivity contribution in [2.75, 3.05) is 12.4 Å². The molecular weight excluding hydrogens is 292 g/mol. The van der Waals surface area contributed by atoms with Crippen LogP contribution in [0.1, 0.15) is 5.56 Å². The first-order valence-corrected chi connectivity index (χ1v) is 6.68. The van der Waals surface area contributed by atoms with Crippen LogP contribution in [0.5, 0.6) is 5.75 Å². The quantitative estimate of drug-likeness (QED) is 0.944. The van der Waals surface area contributed by atoms with Gasteiger partial charge in [0.15, 0.2) is 0 Å². The van der Waals surface area contributed by atoms with Crippen molar-refractivity contribution in [1.82, 2.24) is 4.57 Å². The Morgan fingerprint density at radius 1 is 1.38 bits per heavy atom. The average molecular weight is 307 g/mol. The number of anilines is 1. The summed E-state index contributed by atoms with van der Waals surface area (Å²) in [5.74, 6) is 0.174. The number of benzene rings is 1. The number of methoxy groups -OCH3 is 1. The molecule has 0 saturated carbocycles. The number of rotatable bonds is 4. The van der Waals surface area contributed by atoms with E-state index in [2.05, 4.69) is 5.32 Å². The number of ether oxygens (including phenoxy) is 1. The Hall–Kier alpha value is -2.27. The first-order valence-electron chi connectivity index (χ1n) is 6.30. The molecule has 21 heavy (non-hydrogen) atoms. The second-order valence-electron chi connectivity index (χ2n) is 4.52. The summed E-state index contributed by atoms with van der Waals surface area (Å²) in [5, 5.41) is 3.17. The van der Waals surface area contributed by atoms with Crippen molar-refractivity contribution in [3.05, 3.63) is 57.5 Å². The van der Waals surface area contributed by atoms with E-state index in [9.17, 15) is 9.59 Å². The average Bonchev–Trinajstić information content (AvgIpc) is 2.44. The first-order chi connectivity index (χ1) is 10.0. The largest absolute Gasteiger partial charge is 0.495 e. The molecule has 2 rings (SSSR count). The number of aromatic nitrogens is 1. The highest BCUT2D eigenvalue weighted by atomic mass is 35.5. The molecule has 1 heterocycles. The van der Waals surface area contributed by atoms with Gasteiger partial charge in [0.05, 0.1) is 12.8 Å². The molecule has 0 radical (unpaired) electrons. The number of pyridine rings is 1. The van der Waals surface area contributed by atoms with Gasteiger partial charge in [-0.05, 0) is 31.2 Å². The Morgan fingerprint density at radius 3 is 2.86 bits per heavy atom. The lowest BCUT2D eigenvalue weighted by Gasteiger charge is -2.11. The van der Waals surface area contributed by atoms with Crippen LogP contribution in [0.3, 0.4) is 0 Å². The van der Waals surface area contributed by atoms with Gasteiger partial charge in [0.1, 0.15) is 12.3 Å². The second kappa shape index (κ2) is 6.45. The van der Waals surface area contributed by atoms with Crippen molar-refractivity contribution in [2.45, 2.75) is 13.5 Å². The van der Waals surface area contributed by atoms with E-state index in [4.69, 9.17) is 16.3 Å². The number of carbonyl (C=O) groups is 1. The van der Waals surface area contributed by atoms with Crippen LogP contribution in [0, 0.1) is 6.92 Å². The molecule has 1 aromatic heterocycles. The Bertz CT molecular complexity index is 725. The third kappa shape index (κ3) is 3.64. The predicted octanol–water partition coefficient (Wildman–Crippen LogP) is 2.46. The molecule has 0 fully saturated rings. The van der Waals surface area contributed by atoms with Gasteiger partial charge in [0.25, 0.3) is 5.56 Å². The van der Waals surface area contributed by atoms with E-state index in [-0.39, 0.29) is 18.0 Å². The van der Waals surface area contributed by atoms with Gasteiger partial charge in [-0.2, -0.15) is 0 Å². The van der Waals surface area contributed by atoms with Gasteiger partial charge in [-0.15, -0.1) is 0 Å². The normalized spacial score (nSPS) is 10.2. The van der Waals surface area contributed by atoms with Crippen LogP contribution in [0.25, 0.3) is 0 Å². The number of aryl methyl sites for hydroxylation is 1.